The van der Waals surface area contributed by atoms with E-state index >= 15 is 0 Å². The van der Waals surface area contributed by atoms with Crippen molar-refractivity contribution < 1.29 is 56.6 Å². The van der Waals surface area contributed by atoms with Gasteiger partial charge in [-0.15, -0.1) is 0 Å². The van der Waals surface area contributed by atoms with Crippen LogP contribution in [0.5, 0.6) is 5.75 Å². The van der Waals surface area contributed by atoms with E-state index in [0.717, 1.165) is 16.8 Å². The molecule has 2 heterocycles. The number of benzene rings is 3. The Morgan fingerprint density at radius 1 is 0.962 bits per heavy atom. The predicted octanol–water partition coefficient (Wildman–Crippen LogP) is 2.57. The molecule has 278 valence electrons. The quantitative estimate of drug-likeness (QED) is 0.0438. The average molecular weight is 751 g/mol. The highest BCUT2D eigenvalue weighted by Gasteiger charge is 2.54. The summed E-state index contributed by atoms with van der Waals surface area (Å²) in [5, 5.41) is 11.3. The van der Waals surface area contributed by atoms with Crippen molar-refractivity contribution in [3.8, 4) is 5.75 Å². The summed E-state index contributed by atoms with van der Waals surface area (Å²) in [5.41, 5.74) is -0.707. The number of nitrogens with zero attached hydrogens (tertiary/aromatic N) is 1. The lowest BCUT2D eigenvalue weighted by atomic mass is 10.1. The maximum absolute atomic E-state index is 14.7. The first-order chi connectivity index (χ1) is 25.6. The average Bonchev–Trinajstić information content (AvgIpc) is 3.48. The summed E-state index contributed by atoms with van der Waals surface area (Å²) in [4.78, 5) is 58.6. The number of ether oxygens (including phenoxy) is 4. The van der Waals surface area contributed by atoms with Crippen molar-refractivity contribution in [2.45, 2.75) is 44.4 Å². The minimum atomic E-state index is -4.88. The molecule has 6 atom stereocenters. The van der Waals surface area contributed by atoms with Crippen molar-refractivity contribution >= 4 is 27.7 Å². The van der Waals surface area contributed by atoms with Crippen LogP contribution in [0.3, 0.4) is 0 Å². The van der Waals surface area contributed by atoms with E-state index in [1.54, 1.807) is 48.5 Å². The van der Waals surface area contributed by atoms with E-state index < -0.39 is 68.4 Å². The summed E-state index contributed by atoms with van der Waals surface area (Å²) in [5.74, 6) is -1.66. The van der Waals surface area contributed by atoms with Gasteiger partial charge in [-0.3, -0.25) is 24.3 Å². The Balaban J connectivity index is 1.55. The first-order valence-electron chi connectivity index (χ1n) is 16.1. The molecule has 1 aliphatic heterocycles. The molecule has 0 saturated carbocycles. The molecule has 53 heavy (non-hydrogen) atoms. The molecule has 1 fully saturated rings. The van der Waals surface area contributed by atoms with E-state index in [9.17, 15) is 28.8 Å². The third-order valence-corrected chi connectivity index (χ3v) is 8.98. The standard InChI is InChI=1S/C34H35BN3O14P/c1-22(45-19-18-39)50-53(44,51-26-14-12-23(13-15-26)20-47-37-35)52-29-27(21-46-32(41)24-8-4-2-5-9-24)48-31(38-17-16-28(40)36-34(38)43)30(29)49-33(42)25-10-6-3-7-11-25/h2-17,22,27,29-31,37,39H,18-21H2,1H3,(H,36,40,43). The van der Waals surface area contributed by atoms with E-state index in [-0.39, 0.29) is 36.7 Å². The smallest absolute Gasteiger partial charge is 0.459 e. The van der Waals surface area contributed by atoms with Gasteiger partial charge in [-0.25, -0.2) is 23.5 Å². The fourth-order valence-electron chi connectivity index (χ4n) is 5.08. The fourth-order valence-corrected chi connectivity index (χ4v) is 6.57. The molecule has 4 aromatic rings. The number of aliphatic hydroxyl groups excluding tert-OH is 1. The summed E-state index contributed by atoms with van der Waals surface area (Å²) < 4.78 is 56.1. The second kappa shape index (κ2) is 18.7. The number of phosphoric ester groups is 1. The maximum atomic E-state index is 14.7. The number of aliphatic hydroxyl groups is 1. The highest BCUT2D eigenvalue weighted by Crippen LogP contribution is 2.54. The number of esters is 2. The molecule has 6 unspecified atom stereocenters. The zero-order valence-electron chi connectivity index (χ0n) is 28.2. The van der Waals surface area contributed by atoms with E-state index in [1.807, 2.05) is 0 Å². The van der Waals surface area contributed by atoms with Crippen LogP contribution in [-0.4, -0.2) is 79.0 Å². The van der Waals surface area contributed by atoms with E-state index in [4.69, 9.17) is 45.3 Å². The molecule has 0 amide bonds. The SMILES string of the molecule is [B]NOCc1ccc(OP(=O)(OC(C)OCCO)OC2C(COC(=O)c3ccccc3)OC(n3ccc(=O)[nH]c3=O)C2OC(=O)c2ccccc2)cc1. The van der Waals surface area contributed by atoms with Gasteiger partial charge >= 0.3 is 25.5 Å². The Hall–Kier alpha value is -4.91. The number of aromatic nitrogens is 2. The molecular formula is C34H35BN3O14P. The normalized spacial score (nSPS) is 19.9. The monoisotopic (exact) mass is 751 g/mol. The maximum Gasteiger partial charge on any atom is 0.532 e. The van der Waals surface area contributed by atoms with Gasteiger partial charge in [0, 0.05) is 12.3 Å². The van der Waals surface area contributed by atoms with Gasteiger partial charge in [0.2, 0.25) is 7.98 Å². The van der Waals surface area contributed by atoms with Crippen LogP contribution < -0.4 is 21.2 Å². The summed E-state index contributed by atoms with van der Waals surface area (Å²) in [6, 6.07) is 22.9. The third kappa shape index (κ3) is 10.8. The van der Waals surface area contributed by atoms with E-state index in [0.29, 0.717) is 5.56 Å². The Bertz CT molecular complexity index is 1970. The number of carbonyl (C=O) groups excluding carboxylic acids is 2. The largest absolute Gasteiger partial charge is 0.532 e. The number of hydrogen-bond acceptors (Lipinski definition) is 15. The minimum absolute atomic E-state index is 0.00986. The van der Waals surface area contributed by atoms with Crippen LogP contribution >= 0.6 is 7.82 Å². The van der Waals surface area contributed by atoms with Gasteiger partial charge in [0.15, 0.2) is 18.6 Å². The molecule has 17 nitrogen and oxygen atoms in total. The van der Waals surface area contributed by atoms with Gasteiger partial charge in [0.1, 0.15) is 24.6 Å². The summed E-state index contributed by atoms with van der Waals surface area (Å²) in [6.45, 7) is 0.279. The van der Waals surface area contributed by atoms with Gasteiger partial charge in [0.05, 0.1) is 30.9 Å². The van der Waals surface area contributed by atoms with Crippen molar-refractivity contribution in [3.05, 3.63) is 135 Å². The zero-order chi connectivity index (χ0) is 37.8. The molecule has 19 heteroatoms. The first-order valence-corrected chi connectivity index (χ1v) is 17.6. The van der Waals surface area contributed by atoms with Crippen LogP contribution in [0.2, 0.25) is 0 Å². The predicted molar refractivity (Wildman–Crippen MR) is 184 cm³/mol. The molecule has 1 saturated heterocycles. The lowest BCUT2D eigenvalue weighted by molar-refractivity contribution is -0.0992. The van der Waals surface area contributed by atoms with Crippen molar-refractivity contribution in [1.82, 2.24) is 14.9 Å². The van der Waals surface area contributed by atoms with Crippen molar-refractivity contribution in [3.63, 3.8) is 0 Å². The fraction of sp³-hybridized carbons (Fsp3) is 0.294. The van der Waals surface area contributed by atoms with Crippen LogP contribution in [0.1, 0.15) is 39.4 Å². The number of phosphoric acid groups is 1. The van der Waals surface area contributed by atoms with Crippen molar-refractivity contribution in [2.75, 3.05) is 19.8 Å². The van der Waals surface area contributed by atoms with E-state index in [2.05, 4.69) is 10.4 Å². The van der Waals surface area contributed by atoms with Crippen LogP contribution in [-0.2, 0) is 44.0 Å². The minimum Gasteiger partial charge on any atom is -0.459 e. The first kappa shape index (κ1) is 39.3. The molecule has 0 bridgehead atoms. The molecule has 3 aromatic carbocycles. The number of aromatic amines is 1. The molecule has 0 aliphatic carbocycles. The second-order valence-corrected chi connectivity index (χ2v) is 12.7. The lowest BCUT2D eigenvalue weighted by Crippen LogP contribution is -2.42. The number of H-pyrrole nitrogens is 1. The highest BCUT2D eigenvalue weighted by atomic mass is 31.2. The van der Waals surface area contributed by atoms with Gasteiger partial charge < -0.3 is 33.4 Å². The summed E-state index contributed by atoms with van der Waals surface area (Å²) >= 11 is 0. The third-order valence-electron chi connectivity index (χ3n) is 7.49. The van der Waals surface area contributed by atoms with Gasteiger partial charge in [-0.2, -0.15) is 0 Å². The molecule has 1 aliphatic rings. The van der Waals surface area contributed by atoms with Crippen LogP contribution in [0.15, 0.2) is 107 Å². The van der Waals surface area contributed by atoms with Gasteiger partial charge in [0.25, 0.3) is 5.56 Å². The summed E-state index contributed by atoms with van der Waals surface area (Å²) in [6.07, 6.45) is -6.40. The molecule has 3 N–H and O–H groups in total. The number of carbonyl (C=O) groups is 2. The Morgan fingerprint density at radius 3 is 2.25 bits per heavy atom. The Labute approximate surface area is 303 Å². The van der Waals surface area contributed by atoms with Crippen LogP contribution in [0.25, 0.3) is 0 Å². The van der Waals surface area contributed by atoms with Gasteiger partial charge in [-0.1, -0.05) is 48.5 Å². The van der Waals surface area contributed by atoms with Gasteiger partial charge in [-0.05, 0) is 48.9 Å². The van der Waals surface area contributed by atoms with Crippen molar-refractivity contribution in [1.29, 1.82) is 0 Å². The van der Waals surface area contributed by atoms with Crippen LogP contribution in [0.4, 0.5) is 0 Å². The zero-order valence-corrected chi connectivity index (χ0v) is 29.1. The molecule has 1 aromatic heterocycles. The number of nitrogens with one attached hydrogen (secondary N) is 2. The number of rotatable bonds is 18. The lowest BCUT2D eigenvalue weighted by Gasteiger charge is -2.29. The number of hydrogen-bond donors (Lipinski definition) is 3. The highest BCUT2D eigenvalue weighted by molar-refractivity contribution is 7.49. The molecule has 5 rings (SSSR count). The molecule has 0 spiro atoms. The Kier molecular flexibility index (Phi) is 13.9. The van der Waals surface area contributed by atoms with E-state index in [1.165, 1.54) is 43.3 Å². The second-order valence-electron chi connectivity index (χ2n) is 11.2. The van der Waals surface area contributed by atoms with Crippen LogP contribution in [0, 0.1) is 0 Å². The summed E-state index contributed by atoms with van der Waals surface area (Å²) in [7, 11) is 0.282. The molecular weight excluding hydrogens is 716 g/mol. The topological polar surface area (TPSA) is 212 Å². The van der Waals surface area contributed by atoms with Crippen molar-refractivity contribution in [2.24, 2.45) is 0 Å². The molecule has 2 radical (unpaired) electrons. The Morgan fingerprint density at radius 2 is 1.62 bits per heavy atom.